The lowest BCUT2D eigenvalue weighted by atomic mass is 9.75. The fourth-order valence-corrected chi connectivity index (χ4v) is 10.5. The molecule has 4 aromatic carbocycles. The zero-order chi connectivity index (χ0) is 36.9. The van der Waals surface area contributed by atoms with Crippen LogP contribution in [-0.4, -0.2) is 68.2 Å². The first-order valence-corrected chi connectivity index (χ1v) is 21.2. The Morgan fingerprint density at radius 3 is 2.07 bits per heavy atom. The second kappa shape index (κ2) is 12.7. The molecule has 4 aliphatic rings. The minimum atomic E-state index is -2.39. The van der Waals surface area contributed by atoms with Crippen LogP contribution in [0.25, 0.3) is 21.5 Å². The number of hydrogen-bond donors (Lipinski definition) is 1. The molecule has 2 N–H and O–H groups in total. The number of nitrogens with two attached hydrogens (primary N) is 1. The van der Waals surface area contributed by atoms with E-state index in [9.17, 15) is 4.79 Å². The van der Waals surface area contributed by atoms with Gasteiger partial charge in [0, 0.05) is 36.2 Å². The number of benzene rings is 4. The third kappa shape index (κ3) is 4.72. The molecule has 270 valence electrons. The van der Waals surface area contributed by atoms with E-state index in [4.69, 9.17) is 30.1 Å². The number of carbonyl (C=O) groups excluding carboxylic acids is 1. The summed E-state index contributed by atoms with van der Waals surface area (Å²) in [6.45, 7) is 4.13. The van der Waals surface area contributed by atoms with Gasteiger partial charge in [0.05, 0.1) is 24.0 Å². The fourth-order valence-electron chi connectivity index (χ4n) is 8.38. The molecular weight excluding hydrogens is 733 g/mol. The molecule has 10 nitrogen and oxygen atoms in total. The van der Waals surface area contributed by atoms with Gasteiger partial charge in [-0.25, -0.2) is 4.99 Å². The summed E-state index contributed by atoms with van der Waals surface area (Å²) in [4.78, 5) is 32.2. The van der Waals surface area contributed by atoms with E-state index in [2.05, 4.69) is 88.8 Å². The molecule has 54 heavy (non-hydrogen) atoms. The highest BCUT2D eigenvalue weighted by atomic mass is 32.2. The molecule has 0 spiro atoms. The molecule has 4 aliphatic heterocycles. The van der Waals surface area contributed by atoms with E-state index in [0.717, 1.165) is 89.8 Å². The molecule has 0 bridgehead atoms. The molecule has 0 aliphatic carbocycles. The van der Waals surface area contributed by atoms with Crippen LogP contribution in [0, 0.1) is 0 Å². The smallest absolute Gasteiger partial charge is 0.568 e. The van der Waals surface area contributed by atoms with E-state index in [0.29, 0.717) is 12.2 Å². The van der Waals surface area contributed by atoms with E-state index >= 15 is 0 Å². The number of esters is 1. The van der Waals surface area contributed by atoms with Crippen molar-refractivity contribution in [3.63, 3.8) is 0 Å². The Morgan fingerprint density at radius 1 is 0.741 bits per heavy atom. The number of aromatic nitrogens is 2. The molecule has 2 aromatic heterocycles. The summed E-state index contributed by atoms with van der Waals surface area (Å²) in [5.41, 5.74) is 10.7. The van der Waals surface area contributed by atoms with E-state index < -0.39 is 18.8 Å². The number of amidine groups is 2. The molecule has 0 radical (unpaired) electrons. The van der Waals surface area contributed by atoms with Crippen molar-refractivity contribution in [3.05, 3.63) is 107 Å². The lowest BCUT2D eigenvalue weighted by molar-refractivity contribution is -0.291. The fraction of sp³-hybridized carbons (Fsp3) is 0.225. The highest BCUT2D eigenvalue weighted by Crippen LogP contribution is 2.48. The van der Waals surface area contributed by atoms with Crippen molar-refractivity contribution >= 4 is 92.9 Å². The Hall–Kier alpha value is -4.76. The normalized spacial score (nSPS) is 17.5. The monoisotopic (exact) mass is 769 g/mol. The summed E-state index contributed by atoms with van der Waals surface area (Å²) >= 11 is 5.44. The number of hydrogen-bond acceptors (Lipinski definition) is 10. The van der Waals surface area contributed by atoms with Crippen LogP contribution in [0.4, 0.5) is 11.6 Å². The lowest BCUT2D eigenvalue weighted by Crippen LogP contribution is -2.75. The van der Waals surface area contributed by atoms with E-state index in [1.807, 2.05) is 59.6 Å². The Kier molecular flexibility index (Phi) is 7.92. The van der Waals surface area contributed by atoms with Crippen LogP contribution >= 0.6 is 35.3 Å². The van der Waals surface area contributed by atoms with Crippen molar-refractivity contribution in [1.29, 1.82) is 0 Å². The third-order valence-electron chi connectivity index (χ3n) is 10.5. The molecule has 0 amide bonds. The number of aliphatic imine (C=N–C) groups is 1. The van der Waals surface area contributed by atoms with Crippen LogP contribution in [-0.2, 0) is 16.0 Å². The first-order valence-electron chi connectivity index (χ1n) is 18.2. The van der Waals surface area contributed by atoms with Gasteiger partial charge in [-0.05, 0) is 96.0 Å². The van der Waals surface area contributed by atoms with Crippen LogP contribution in [0.3, 0.4) is 0 Å². The van der Waals surface area contributed by atoms with E-state index in [-0.39, 0.29) is 0 Å². The Bertz CT molecular complexity index is 2810. The maximum Gasteiger partial charge on any atom is 0.568 e. The number of rotatable bonds is 11. The Morgan fingerprint density at radius 2 is 1.37 bits per heavy atom. The molecule has 2 atom stereocenters. The topological polar surface area (TPSA) is 112 Å². The third-order valence-corrected chi connectivity index (χ3v) is 13.2. The van der Waals surface area contributed by atoms with Gasteiger partial charge in [-0.2, -0.15) is 0 Å². The SMILES string of the molecule is CCSc1ccc2c(c1)C1=Nc3c4ccc(SCC)cc4c4n3[B@-]3(Oc5ccc(C[C@H](N)C(=O)OC)cc5)n5c(c6cc(SCC)ccc6c5=N4)=NC2=[N+]13. The average molecular weight is 770 g/mol. The quantitative estimate of drug-likeness (QED) is 0.0893. The standard InChI is InChI=1S/C40H36BN7O3S3/c1-5-52-24-12-15-27-30(19-24)37-43-35-28-16-13-25(53-6-2)20-31(28)39-45-36-29-17-14-26(54-7-3)21-32(29)38-44-34(27)46(37)41(47(35)39,48(36)38)51-23-10-8-22(9-11-23)18-33(42)40(49)50-4/h8-17,19-21,33H,5-7,18,42H2,1-4H3/t33-/m0/s1. The van der Waals surface area contributed by atoms with Gasteiger partial charge in [0.25, 0.3) is 0 Å². The van der Waals surface area contributed by atoms with Crippen molar-refractivity contribution in [2.75, 3.05) is 24.4 Å². The highest BCUT2D eigenvalue weighted by molar-refractivity contribution is 7.99. The highest BCUT2D eigenvalue weighted by Gasteiger charge is 2.59. The van der Waals surface area contributed by atoms with Crippen molar-refractivity contribution < 1.29 is 18.7 Å². The number of fused-ring (bicyclic) bond motifs is 9. The van der Waals surface area contributed by atoms with Crippen LogP contribution in [0.5, 0.6) is 5.75 Å². The summed E-state index contributed by atoms with van der Waals surface area (Å²) in [5, 5.41) is 4.11. The maximum atomic E-state index is 12.1. The molecule has 10 rings (SSSR count). The predicted octanol–water partition coefficient (Wildman–Crippen LogP) is 6.65. The molecule has 6 heterocycles. The maximum absolute atomic E-state index is 12.1. The first-order chi connectivity index (χ1) is 26.4. The Labute approximate surface area is 324 Å². The minimum Gasteiger partial charge on any atom is -0.648 e. The van der Waals surface area contributed by atoms with Gasteiger partial charge in [-0.15, -0.1) is 35.3 Å². The van der Waals surface area contributed by atoms with Crippen LogP contribution in [0.15, 0.2) is 109 Å². The molecule has 6 aromatic rings. The van der Waals surface area contributed by atoms with Gasteiger partial charge in [0.15, 0.2) is 11.3 Å². The number of methoxy groups -OCH3 is 1. The van der Waals surface area contributed by atoms with Gasteiger partial charge in [0.2, 0.25) is 11.7 Å². The van der Waals surface area contributed by atoms with E-state index in [1.165, 1.54) is 21.8 Å². The van der Waals surface area contributed by atoms with Crippen molar-refractivity contribution in [2.45, 2.75) is 47.9 Å². The molecule has 0 saturated carbocycles. The summed E-state index contributed by atoms with van der Waals surface area (Å²) in [6.07, 6.45) is 0.347. The molecular formula is C40H36BN7O3S3. The minimum absolute atomic E-state index is 0.347. The number of nitrogens with zero attached hydrogens (tertiary/aromatic N) is 6. The summed E-state index contributed by atoms with van der Waals surface area (Å²) in [6, 6.07) is 27.0. The van der Waals surface area contributed by atoms with Gasteiger partial charge in [0.1, 0.15) is 17.3 Å². The molecule has 0 unspecified atom stereocenters. The zero-order valence-corrected chi connectivity index (χ0v) is 32.6. The predicted molar refractivity (Wildman–Crippen MR) is 219 cm³/mol. The second-order valence-corrected chi connectivity index (χ2v) is 17.6. The van der Waals surface area contributed by atoms with Crippen LogP contribution < -0.4 is 21.4 Å². The number of carbonyl (C=O) groups is 1. The first kappa shape index (κ1) is 33.8. The van der Waals surface area contributed by atoms with Gasteiger partial charge in [-0.3, -0.25) is 4.79 Å². The van der Waals surface area contributed by atoms with Crippen molar-refractivity contribution in [2.24, 2.45) is 20.7 Å². The van der Waals surface area contributed by atoms with E-state index in [1.54, 1.807) is 0 Å². The summed E-state index contributed by atoms with van der Waals surface area (Å²) in [5.74, 6) is 6.33. The average Bonchev–Trinajstić information content (AvgIpc) is 3.80. The lowest BCUT2D eigenvalue weighted by Gasteiger charge is -2.47. The largest absolute Gasteiger partial charge is 0.648 e. The number of thioether (sulfide) groups is 3. The zero-order valence-electron chi connectivity index (χ0n) is 30.2. The van der Waals surface area contributed by atoms with Crippen molar-refractivity contribution in [1.82, 2.24) is 8.96 Å². The summed E-state index contributed by atoms with van der Waals surface area (Å²) < 4.78 is 19.2. The van der Waals surface area contributed by atoms with Crippen LogP contribution in [0.2, 0.25) is 0 Å². The molecule has 14 heteroatoms. The molecule has 0 fully saturated rings. The van der Waals surface area contributed by atoms with Gasteiger partial charge in [-0.1, -0.05) is 42.9 Å². The van der Waals surface area contributed by atoms with Crippen LogP contribution in [0.1, 0.15) is 37.5 Å². The number of ether oxygens (including phenoxy) is 1. The van der Waals surface area contributed by atoms with Gasteiger partial charge >= 0.3 is 12.7 Å². The van der Waals surface area contributed by atoms with Crippen molar-refractivity contribution in [3.8, 4) is 5.75 Å². The second-order valence-electron chi connectivity index (χ2n) is 13.6. The Balaban J connectivity index is 1.31. The molecule has 0 saturated heterocycles. The summed E-state index contributed by atoms with van der Waals surface area (Å²) in [7, 11) is 1.35. The van der Waals surface area contributed by atoms with Gasteiger partial charge < -0.3 is 28.6 Å².